The fourth-order valence-corrected chi connectivity index (χ4v) is 4.70. The first-order valence-corrected chi connectivity index (χ1v) is 13.0. The van der Waals surface area contributed by atoms with Crippen molar-refractivity contribution in [3.63, 3.8) is 0 Å². The lowest BCUT2D eigenvalue weighted by Gasteiger charge is -2.34. The molecule has 2 aromatic heterocycles. The summed E-state index contributed by atoms with van der Waals surface area (Å²) in [4.78, 5) is 31.8. The maximum atomic E-state index is 13.6. The molecule has 0 spiro atoms. The monoisotopic (exact) mass is 524 g/mol. The van der Waals surface area contributed by atoms with Gasteiger partial charge in [-0.1, -0.05) is 0 Å². The summed E-state index contributed by atoms with van der Waals surface area (Å²) in [5.41, 5.74) is 2.69. The number of carbonyl (C=O) groups is 1. The minimum Gasteiger partial charge on any atom is -0.383 e. The normalized spacial score (nSPS) is 19.9. The van der Waals surface area contributed by atoms with Crippen LogP contribution in [0.15, 0.2) is 36.5 Å². The van der Waals surface area contributed by atoms with Gasteiger partial charge in [0, 0.05) is 38.5 Å². The van der Waals surface area contributed by atoms with Crippen molar-refractivity contribution in [2.45, 2.75) is 32.0 Å². The Kier molecular flexibility index (Phi) is 8.57. The lowest BCUT2D eigenvalue weighted by Crippen LogP contribution is -2.46. The Hall–Kier alpha value is -3.41. The minimum absolute atomic E-state index is 0.112. The number of nitrogens with one attached hydrogen (secondary N) is 2. The zero-order valence-electron chi connectivity index (χ0n) is 21.5. The Morgan fingerprint density at radius 3 is 2.63 bits per heavy atom. The highest BCUT2D eigenvalue weighted by Gasteiger charge is 2.32. The third-order valence-electron chi connectivity index (χ3n) is 6.72. The number of benzene rings is 1. The molecule has 0 bridgehead atoms. The molecule has 38 heavy (non-hydrogen) atoms. The molecule has 0 radical (unpaired) electrons. The second-order valence-corrected chi connectivity index (χ2v) is 9.48. The van der Waals surface area contributed by atoms with E-state index in [2.05, 4.69) is 20.3 Å². The number of methoxy groups -OCH3 is 1. The minimum atomic E-state index is -0.530. The molecule has 0 atom stereocenters. The van der Waals surface area contributed by atoms with Crippen molar-refractivity contribution < 1.29 is 23.4 Å². The number of piperidine rings is 1. The van der Waals surface area contributed by atoms with E-state index in [0.717, 1.165) is 31.5 Å². The molecule has 2 fully saturated rings. The first-order valence-electron chi connectivity index (χ1n) is 13.0. The lowest BCUT2D eigenvalue weighted by molar-refractivity contribution is -0.204. The van der Waals surface area contributed by atoms with E-state index in [1.165, 1.54) is 18.6 Å². The fourth-order valence-electron chi connectivity index (χ4n) is 4.70. The van der Waals surface area contributed by atoms with E-state index < -0.39 is 6.29 Å². The van der Waals surface area contributed by atoms with Gasteiger partial charge in [-0.3, -0.25) is 4.79 Å². The number of ether oxygens (including phenoxy) is 3. The van der Waals surface area contributed by atoms with Crippen molar-refractivity contribution in [3.05, 3.63) is 48.2 Å². The maximum absolute atomic E-state index is 13.6. The summed E-state index contributed by atoms with van der Waals surface area (Å²) >= 11 is 0. The van der Waals surface area contributed by atoms with Crippen LogP contribution in [-0.4, -0.2) is 83.6 Å². The molecule has 5 rings (SSSR count). The highest BCUT2D eigenvalue weighted by Crippen LogP contribution is 2.30. The molecule has 2 aliphatic heterocycles. The number of nitrogens with zero attached hydrogens (tertiary/aromatic N) is 4. The molecular formula is C27H33FN6O4. The van der Waals surface area contributed by atoms with Crippen LogP contribution in [0.4, 0.5) is 10.3 Å². The average molecular weight is 525 g/mol. The Morgan fingerprint density at radius 2 is 1.89 bits per heavy atom. The molecule has 2 N–H and O–H groups in total. The molecule has 10 nitrogen and oxygen atoms in total. The number of aromatic amines is 1. The van der Waals surface area contributed by atoms with Gasteiger partial charge in [0.15, 0.2) is 6.29 Å². The number of hydrogen-bond donors (Lipinski definition) is 2. The zero-order valence-corrected chi connectivity index (χ0v) is 21.5. The van der Waals surface area contributed by atoms with E-state index in [-0.39, 0.29) is 17.6 Å². The van der Waals surface area contributed by atoms with E-state index in [0.29, 0.717) is 61.6 Å². The van der Waals surface area contributed by atoms with Gasteiger partial charge in [0.1, 0.15) is 11.6 Å². The molecular weight excluding hydrogens is 491 g/mol. The van der Waals surface area contributed by atoms with Gasteiger partial charge >= 0.3 is 0 Å². The second kappa shape index (κ2) is 12.4. The number of carbonyl (C=O) groups excluding carboxylic acids is 1. The van der Waals surface area contributed by atoms with E-state index in [4.69, 9.17) is 19.2 Å². The molecule has 0 unspecified atom stereocenters. The second-order valence-electron chi connectivity index (χ2n) is 9.48. The first-order chi connectivity index (χ1) is 18.6. The smallest absolute Gasteiger partial charge is 0.230 e. The quantitative estimate of drug-likeness (QED) is 0.410. The van der Waals surface area contributed by atoms with Gasteiger partial charge in [-0.2, -0.15) is 0 Å². The van der Waals surface area contributed by atoms with Gasteiger partial charge in [0.05, 0.1) is 49.2 Å². The summed E-state index contributed by atoms with van der Waals surface area (Å²) < 4.78 is 30.6. The summed E-state index contributed by atoms with van der Waals surface area (Å²) in [5, 5.41) is 3.13. The van der Waals surface area contributed by atoms with Crippen LogP contribution < -0.4 is 5.32 Å². The van der Waals surface area contributed by atoms with Gasteiger partial charge in [0.2, 0.25) is 11.9 Å². The largest absolute Gasteiger partial charge is 0.383 e. The van der Waals surface area contributed by atoms with Gasteiger partial charge in [0.25, 0.3) is 0 Å². The molecule has 3 aromatic rings. The van der Waals surface area contributed by atoms with Crippen molar-refractivity contribution in [2.24, 2.45) is 5.92 Å². The number of imidazole rings is 1. The van der Waals surface area contributed by atoms with Crippen LogP contribution in [0, 0.1) is 11.7 Å². The van der Waals surface area contributed by atoms with Gasteiger partial charge in [-0.15, -0.1) is 0 Å². The molecule has 2 aliphatic rings. The van der Waals surface area contributed by atoms with Crippen LogP contribution in [0.3, 0.4) is 0 Å². The predicted octanol–water partition coefficient (Wildman–Crippen LogP) is 3.28. The topological polar surface area (TPSA) is 114 Å². The molecule has 1 aromatic carbocycles. The third-order valence-corrected chi connectivity index (χ3v) is 6.72. The molecule has 2 saturated heterocycles. The number of H-pyrrole nitrogens is 1. The van der Waals surface area contributed by atoms with Crippen LogP contribution in [0.5, 0.6) is 0 Å². The van der Waals surface area contributed by atoms with Crippen LogP contribution in [0.2, 0.25) is 0 Å². The average Bonchev–Trinajstić information content (AvgIpc) is 3.38. The van der Waals surface area contributed by atoms with E-state index in [1.54, 1.807) is 31.5 Å². The van der Waals surface area contributed by atoms with Crippen molar-refractivity contribution in [1.29, 1.82) is 0 Å². The van der Waals surface area contributed by atoms with Gasteiger partial charge < -0.3 is 29.4 Å². The van der Waals surface area contributed by atoms with Crippen molar-refractivity contribution in [3.8, 4) is 22.6 Å². The number of likely N-dealkylation sites (tertiary alicyclic amines) is 1. The molecule has 4 heterocycles. The fraction of sp³-hybridized carbons (Fsp3) is 0.481. The Labute approximate surface area is 220 Å². The van der Waals surface area contributed by atoms with E-state index in [1.807, 2.05) is 4.90 Å². The standard InChI is InChI=1S/C27H33FN6O4/c1-36-14-11-30-27-29-10-9-21(31-27)25-24(18-5-7-20(28)8-6-18)32-22(33-25)15-23-37-16-19(17-38-23)26(35)34-12-3-2-4-13-34/h5-10,19,23H,2-4,11-17H2,1H3,(H,32,33)(H,29,30,31). The summed E-state index contributed by atoms with van der Waals surface area (Å²) in [6.45, 7) is 3.35. The number of halogens is 1. The SMILES string of the molecule is COCCNc1nccc(-c2[nH]c(CC3OCC(C(=O)N4CCCCC4)CO3)nc2-c2ccc(F)cc2)n1. The van der Waals surface area contributed by atoms with E-state index in [9.17, 15) is 9.18 Å². The summed E-state index contributed by atoms with van der Waals surface area (Å²) in [7, 11) is 1.63. The molecule has 11 heteroatoms. The van der Waals surface area contributed by atoms with Crippen molar-refractivity contribution >= 4 is 11.9 Å². The van der Waals surface area contributed by atoms with Crippen LogP contribution in [0.1, 0.15) is 25.1 Å². The predicted molar refractivity (Wildman–Crippen MR) is 139 cm³/mol. The molecule has 202 valence electrons. The van der Waals surface area contributed by atoms with Crippen molar-refractivity contribution in [2.75, 3.05) is 51.9 Å². The van der Waals surface area contributed by atoms with Crippen LogP contribution in [-0.2, 0) is 25.4 Å². The molecule has 0 aliphatic carbocycles. The van der Waals surface area contributed by atoms with Gasteiger partial charge in [-0.25, -0.2) is 19.3 Å². The zero-order chi connectivity index (χ0) is 26.3. The number of anilines is 1. The first kappa shape index (κ1) is 26.2. The lowest BCUT2D eigenvalue weighted by atomic mass is 10.1. The summed E-state index contributed by atoms with van der Waals surface area (Å²) in [6, 6.07) is 7.95. The number of rotatable bonds is 9. The Bertz CT molecular complexity index is 1210. The third kappa shape index (κ3) is 6.35. The van der Waals surface area contributed by atoms with Crippen molar-refractivity contribution in [1.82, 2.24) is 24.8 Å². The summed E-state index contributed by atoms with van der Waals surface area (Å²) in [6.07, 6.45) is 4.78. The van der Waals surface area contributed by atoms with Crippen LogP contribution >= 0.6 is 0 Å². The van der Waals surface area contributed by atoms with Gasteiger partial charge in [-0.05, 0) is 49.6 Å². The Balaban J connectivity index is 1.31. The summed E-state index contributed by atoms with van der Waals surface area (Å²) in [5.74, 6) is 0.606. The highest BCUT2D eigenvalue weighted by molar-refractivity contribution is 5.79. The van der Waals surface area contributed by atoms with E-state index >= 15 is 0 Å². The highest BCUT2D eigenvalue weighted by atomic mass is 19.1. The van der Waals surface area contributed by atoms with Crippen LogP contribution in [0.25, 0.3) is 22.6 Å². The molecule has 0 saturated carbocycles. The molecule has 1 amide bonds. The number of hydrogen-bond acceptors (Lipinski definition) is 8. The number of amides is 1. The Morgan fingerprint density at radius 1 is 1.13 bits per heavy atom. The number of aromatic nitrogens is 4. The maximum Gasteiger partial charge on any atom is 0.230 e.